The van der Waals surface area contributed by atoms with E-state index in [0.29, 0.717) is 17.8 Å². The Hall–Kier alpha value is -3.81. The summed E-state index contributed by atoms with van der Waals surface area (Å²) in [5, 5.41) is 19.1. The summed E-state index contributed by atoms with van der Waals surface area (Å²) in [5.74, 6) is -0.728. The van der Waals surface area contributed by atoms with Crippen LogP contribution >= 0.6 is 0 Å². The highest BCUT2D eigenvalue weighted by atomic mass is 19.4. The highest BCUT2D eigenvalue weighted by Gasteiger charge is 2.30. The number of aromatic nitrogens is 5. The average molecular weight is 463 g/mol. The van der Waals surface area contributed by atoms with Gasteiger partial charge in [0.1, 0.15) is 5.69 Å². The lowest BCUT2D eigenvalue weighted by Crippen LogP contribution is -2.31. The maximum atomic E-state index is 13.0. The Labute approximate surface area is 185 Å². The van der Waals surface area contributed by atoms with Crippen molar-refractivity contribution in [1.29, 1.82) is 0 Å². The third-order valence-electron chi connectivity index (χ3n) is 5.09. The summed E-state index contributed by atoms with van der Waals surface area (Å²) in [6.45, 7) is 2.12. The Balaban J connectivity index is 1.54. The summed E-state index contributed by atoms with van der Waals surface area (Å²) in [7, 11) is 0. The number of benzene rings is 1. The minimum absolute atomic E-state index is 0.00395. The van der Waals surface area contributed by atoms with E-state index < -0.39 is 17.6 Å². The molecule has 0 radical (unpaired) electrons. The molecule has 3 aromatic rings. The van der Waals surface area contributed by atoms with Crippen LogP contribution < -0.4 is 11.2 Å². The second-order valence-electron chi connectivity index (χ2n) is 7.43. The van der Waals surface area contributed by atoms with Crippen molar-refractivity contribution in [3.8, 4) is 5.82 Å². The van der Waals surface area contributed by atoms with Crippen molar-refractivity contribution in [2.75, 3.05) is 18.8 Å². The zero-order valence-electron chi connectivity index (χ0n) is 17.3. The van der Waals surface area contributed by atoms with E-state index in [0.717, 1.165) is 49.2 Å². The highest BCUT2D eigenvalue weighted by molar-refractivity contribution is 5.95. The Kier molecular flexibility index (Phi) is 6.35. The molecule has 4 rings (SSSR count). The van der Waals surface area contributed by atoms with Crippen molar-refractivity contribution in [1.82, 2.24) is 35.6 Å². The summed E-state index contributed by atoms with van der Waals surface area (Å²) in [6, 6.07) is 4.35. The number of rotatable bonds is 6. The molecule has 0 unspecified atom stereocenters. The largest absolute Gasteiger partial charge is 0.416 e. The van der Waals surface area contributed by atoms with E-state index in [2.05, 4.69) is 40.7 Å². The number of nitrogen functional groups attached to an aromatic ring is 1. The minimum Gasteiger partial charge on any atom is -0.378 e. The lowest BCUT2D eigenvalue weighted by Gasteiger charge is -2.25. The first-order valence-electron chi connectivity index (χ1n) is 10.1. The van der Waals surface area contributed by atoms with E-state index in [1.54, 1.807) is 0 Å². The van der Waals surface area contributed by atoms with Gasteiger partial charge in [0.15, 0.2) is 5.69 Å². The predicted molar refractivity (Wildman–Crippen MR) is 109 cm³/mol. The number of amides is 1. The second kappa shape index (κ2) is 9.36. The van der Waals surface area contributed by atoms with Gasteiger partial charge < -0.3 is 5.73 Å². The van der Waals surface area contributed by atoms with Crippen LogP contribution in [-0.2, 0) is 12.7 Å². The number of alkyl halides is 3. The lowest BCUT2D eigenvalue weighted by molar-refractivity contribution is -0.137. The fourth-order valence-electron chi connectivity index (χ4n) is 3.44. The molecule has 3 N–H and O–H groups in total. The lowest BCUT2D eigenvalue weighted by atomic mass is 10.1. The number of piperidine rings is 1. The van der Waals surface area contributed by atoms with Gasteiger partial charge in [-0.25, -0.2) is 10.1 Å². The molecule has 1 aliphatic rings. The quantitative estimate of drug-likeness (QED) is 0.418. The number of nitrogens with one attached hydrogen (secondary N) is 1. The van der Waals surface area contributed by atoms with Crippen LogP contribution in [0.5, 0.6) is 0 Å². The van der Waals surface area contributed by atoms with Crippen LogP contribution in [0.25, 0.3) is 5.82 Å². The van der Waals surface area contributed by atoms with Crippen LogP contribution in [0, 0.1) is 0 Å². The third-order valence-corrected chi connectivity index (χ3v) is 5.09. The summed E-state index contributed by atoms with van der Waals surface area (Å²) in [4.78, 5) is 15.1. The molecule has 0 bridgehead atoms. The number of hydrogen-bond donors (Lipinski definition) is 2. The first kappa shape index (κ1) is 22.4. The van der Waals surface area contributed by atoms with E-state index in [-0.39, 0.29) is 17.3 Å². The number of carbonyl (C=O) groups excluding carboxylic acids is 1. The molecule has 0 spiro atoms. The zero-order valence-corrected chi connectivity index (χ0v) is 17.3. The molecule has 3 heterocycles. The molecule has 1 amide bonds. The van der Waals surface area contributed by atoms with Gasteiger partial charge in [0, 0.05) is 6.54 Å². The molecule has 11 nitrogen and oxygen atoms in total. The first-order valence-corrected chi connectivity index (χ1v) is 10.1. The van der Waals surface area contributed by atoms with Gasteiger partial charge in [0.2, 0.25) is 11.6 Å². The van der Waals surface area contributed by atoms with Gasteiger partial charge in [-0.05, 0) is 53.9 Å². The molecule has 0 atom stereocenters. The number of nitrogens with two attached hydrogens (primary N) is 1. The third kappa shape index (κ3) is 5.16. The number of hydrazone groups is 1. The van der Waals surface area contributed by atoms with Crippen molar-refractivity contribution in [2.24, 2.45) is 5.10 Å². The smallest absolute Gasteiger partial charge is 0.378 e. The van der Waals surface area contributed by atoms with Gasteiger partial charge in [0.25, 0.3) is 5.91 Å². The first-order chi connectivity index (χ1) is 15.8. The van der Waals surface area contributed by atoms with E-state index in [1.807, 2.05) is 0 Å². The Bertz CT molecular complexity index is 1130. The van der Waals surface area contributed by atoms with Crippen LogP contribution in [-0.4, -0.2) is 55.4 Å². The Morgan fingerprint density at radius 2 is 1.91 bits per heavy atom. The molecule has 1 fully saturated rings. The van der Waals surface area contributed by atoms with E-state index >= 15 is 0 Å². The Morgan fingerprint density at radius 1 is 1.18 bits per heavy atom. The summed E-state index contributed by atoms with van der Waals surface area (Å²) >= 11 is 0. The van der Waals surface area contributed by atoms with Gasteiger partial charge in [-0.15, -0.1) is 5.10 Å². The molecule has 174 valence electrons. The minimum atomic E-state index is -4.43. The topological polar surface area (TPSA) is 140 Å². The van der Waals surface area contributed by atoms with Crippen LogP contribution in [0.3, 0.4) is 0 Å². The second-order valence-corrected chi connectivity index (χ2v) is 7.43. The van der Waals surface area contributed by atoms with Crippen molar-refractivity contribution in [3.05, 3.63) is 46.8 Å². The van der Waals surface area contributed by atoms with Crippen LogP contribution in [0.4, 0.5) is 19.0 Å². The monoisotopic (exact) mass is 463 g/mol. The average Bonchev–Trinajstić information content (AvgIpc) is 3.40. The SMILES string of the molecule is Nc1nonc1-n1nnc(CN2CCCCC2)c1C(=O)N/N=C/c1ccc(C(F)(F)F)cc1. The van der Waals surface area contributed by atoms with Crippen LogP contribution in [0.1, 0.15) is 46.6 Å². The fraction of sp³-hybridized carbons (Fsp3) is 0.368. The molecule has 1 aromatic carbocycles. The number of nitrogens with zero attached hydrogens (tertiary/aromatic N) is 7. The molecule has 14 heteroatoms. The fourth-order valence-corrected chi connectivity index (χ4v) is 3.44. The normalized spacial score (nSPS) is 15.2. The standard InChI is InChI=1S/C19H20F3N9O2/c20-19(21,22)13-6-4-12(5-7-13)10-24-26-18(32)15-14(11-30-8-2-1-3-9-30)25-29-31(15)17-16(23)27-33-28-17/h4-7,10H,1-3,8-9,11H2,(H2,23,27)(H,26,32)/b24-10+. The summed E-state index contributed by atoms with van der Waals surface area (Å²) < 4.78 is 43.8. The summed E-state index contributed by atoms with van der Waals surface area (Å²) in [6.07, 6.45) is 0.0389. The van der Waals surface area contributed by atoms with Crippen LogP contribution in [0.2, 0.25) is 0 Å². The molecular formula is C19H20F3N9O2. The predicted octanol–water partition coefficient (Wildman–Crippen LogP) is 2.00. The molecule has 33 heavy (non-hydrogen) atoms. The molecule has 1 aliphatic heterocycles. The number of carbonyl (C=O) groups is 1. The van der Waals surface area contributed by atoms with Gasteiger partial charge >= 0.3 is 6.18 Å². The van der Waals surface area contributed by atoms with Gasteiger partial charge in [-0.2, -0.15) is 23.0 Å². The molecular weight excluding hydrogens is 443 g/mol. The summed E-state index contributed by atoms with van der Waals surface area (Å²) in [5.41, 5.74) is 8.12. The van der Waals surface area contributed by atoms with Gasteiger partial charge in [-0.1, -0.05) is 23.8 Å². The Morgan fingerprint density at radius 3 is 2.55 bits per heavy atom. The van der Waals surface area contributed by atoms with Crippen molar-refractivity contribution in [3.63, 3.8) is 0 Å². The van der Waals surface area contributed by atoms with E-state index in [1.165, 1.54) is 18.3 Å². The number of likely N-dealkylation sites (tertiary alicyclic amines) is 1. The molecule has 2 aromatic heterocycles. The zero-order chi connectivity index (χ0) is 23.4. The van der Waals surface area contributed by atoms with Crippen molar-refractivity contribution >= 4 is 17.9 Å². The number of hydrogen-bond acceptors (Lipinski definition) is 9. The molecule has 0 aliphatic carbocycles. The van der Waals surface area contributed by atoms with Crippen molar-refractivity contribution < 1.29 is 22.6 Å². The molecule has 1 saturated heterocycles. The van der Waals surface area contributed by atoms with E-state index in [9.17, 15) is 18.0 Å². The van der Waals surface area contributed by atoms with Crippen LogP contribution in [0.15, 0.2) is 34.0 Å². The maximum Gasteiger partial charge on any atom is 0.416 e. The maximum absolute atomic E-state index is 13.0. The highest BCUT2D eigenvalue weighted by Crippen LogP contribution is 2.28. The van der Waals surface area contributed by atoms with Gasteiger partial charge in [0.05, 0.1) is 11.8 Å². The van der Waals surface area contributed by atoms with E-state index in [4.69, 9.17) is 5.73 Å². The van der Waals surface area contributed by atoms with Gasteiger partial charge in [-0.3, -0.25) is 9.69 Å². The number of anilines is 1. The number of halogens is 3. The molecule has 0 saturated carbocycles. The van der Waals surface area contributed by atoms with Crippen molar-refractivity contribution in [2.45, 2.75) is 32.0 Å².